The summed E-state index contributed by atoms with van der Waals surface area (Å²) in [5.41, 5.74) is 1.75. The van der Waals surface area contributed by atoms with Gasteiger partial charge in [0.2, 0.25) is 0 Å². The topological polar surface area (TPSA) is 38.3 Å². The Kier molecular flexibility index (Phi) is 2.15. The molecule has 1 aliphatic rings. The van der Waals surface area contributed by atoms with Crippen LogP contribution in [0.5, 0.6) is 5.75 Å². The maximum atomic E-state index is 11.5. The molecule has 1 aromatic carbocycles. The van der Waals surface area contributed by atoms with Crippen LogP contribution >= 0.6 is 0 Å². The van der Waals surface area contributed by atoms with Gasteiger partial charge in [-0.25, -0.2) is 0 Å². The van der Waals surface area contributed by atoms with Gasteiger partial charge in [-0.1, -0.05) is 13.0 Å². The smallest absolute Gasteiger partial charge is 0.252 e. The van der Waals surface area contributed by atoms with Gasteiger partial charge in [0.25, 0.3) is 5.91 Å². The van der Waals surface area contributed by atoms with Crippen molar-refractivity contribution in [1.29, 1.82) is 0 Å². The third-order valence-corrected chi connectivity index (χ3v) is 2.59. The van der Waals surface area contributed by atoms with Crippen molar-refractivity contribution in [3.8, 4) is 5.75 Å². The van der Waals surface area contributed by atoms with Gasteiger partial charge in [0.1, 0.15) is 5.75 Å². The molecule has 1 unspecified atom stereocenters. The van der Waals surface area contributed by atoms with Crippen molar-refractivity contribution >= 4 is 5.91 Å². The van der Waals surface area contributed by atoms with E-state index in [2.05, 4.69) is 5.32 Å². The normalized spacial score (nSPS) is 19.0. The average molecular weight is 191 g/mol. The minimum absolute atomic E-state index is 0.00532. The van der Waals surface area contributed by atoms with Gasteiger partial charge in [0.05, 0.1) is 13.2 Å². The summed E-state index contributed by atoms with van der Waals surface area (Å²) >= 11 is 0. The van der Waals surface area contributed by atoms with E-state index in [1.165, 1.54) is 0 Å². The van der Waals surface area contributed by atoms with Crippen molar-refractivity contribution in [2.75, 3.05) is 7.11 Å². The summed E-state index contributed by atoms with van der Waals surface area (Å²) in [7, 11) is 1.63. The number of benzene rings is 1. The van der Waals surface area contributed by atoms with Gasteiger partial charge in [0, 0.05) is 11.1 Å². The molecule has 0 aliphatic carbocycles. The van der Waals surface area contributed by atoms with Crippen molar-refractivity contribution in [3.05, 3.63) is 29.3 Å². The highest BCUT2D eigenvalue weighted by Gasteiger charge is 2.29. The number of ether oxygens (including phenoxy) is 1. The van der Waals surface area contributed by atoms with E-state index < -0.39 is 0 Å². The molecule has 0 bridgehead atoms. The average Bonchev–Trinajstić information content (AvgIpc) is 2.56. The molecule has 3 heteroatoms. The summed E-state index contributed by atoms with van der Waals surface area (Å²) < 4.78 is 5.25. The predicted molar refractivity (Wildman–Crippen MR) is 53.5 cm³/mol. The van der Waals surface area contributed by atoms with Crippen LogP contribution in [0.4, 0.5) is 0 Å². The molecule has 1 atom stereocenters. The van der Waals surface area contributed by atoms with Gasteiger partial charge >= 0.3 is 0 Å². The van der Waals surface area contributed by atoms with Gasteiger partial charge in [0.15, 0.2) is 0 Å². The number of fused-ring (bicyclic) bond motifs is 1. The van der Waals surface area contributed by atoms with Crippen LogP contribution in [-0.4, -0.2) is 13.0 Å². The molecule has 1 amide bonds. The first-order valence-corrected chi connectivity index (χ1v) is 4.75. The standard InChI is InChI=1S/C11H13NO2/c1-3-8-10-7(11(13)12-8)5-4-6-9(10)14-2/h4-6,8H,3H2,1-2H3,(H,12,13). The van der Waals surface area contributed by atoms with E-state index in [-0.39, 0.29) is 11.9 Å². The second kappa shape index (κ2) is 3.33. The SMILES string of the molecule is CCC1NC(=O)c2cccc(OC)c21. The molecule has 2 rings (SSSR count). The summed E-state index contributed by atoms with van der Waals surface area (Å²) in [6, 6.07) is 5.67. The Morgan fingerprint density at radius 2 is 2.29 bits per heavy atom. The number of hydrogen-bond acceptors (Lipinski definition) is 2. The summed E-state index contributed by atoms with van der Waals surface area (Å²) in [5.74, 6) is 0.804. The predicted octanol–water partition coefficient (Wildman–Crippen LogP) is 1.89. The van der Waals surface area contributed by atoms with E-state index in [1.54, 1.807) is 7.11 Å². The third kappa shape index (κ3) is 1.16. The number of hydrogen-bond donors (Lipinski definition) is 1. The maximum absolute atomic E-state index is 11.5. The minimum atomic E-state index is 0.00532. The summed E-state index contributed by atoms with van der Waals surface area (Å²) in [5, 5.41) is 2.92. The summed E-state index contributed by atoms with van der Waals surface area (Å²) in [6.07, 6.45) is 0.888. The van der Waals surface area contributed by atoms with Crippen molar-refractivity contribution in [3.63, 3.8) is 0 Å². The number of nitrogens with one attached hydrogen (secondary N) is 1. The van der Waals surface area contributed by atoms with Crippen LogP contribution in [-0.2, 0) is 0 Å². The summed E-state index contributed by atoms with van der Waals surface area (Å²) in [6.45, 7) is 2.05. The highest BCUT2D eigenvalue weighted by molar-refractivity contribution is 5.99. The lowest BCUT2D eigenvalue weighted by Crippen LogP contribution is -2.18. The molecule has 0 saturated heterocycles. The van der Waals surface area contributed by atoms with E-state index in [0.717, 1.165) is 23.3 Å². The Morgan fingerprint density at radius 1 is 1.50 bits per heavy atom. The molecular formula is C11H13NO2. The molecule has 0 spiro atoms. The van der Waals surface area contributed by atoms with Crippen molar-refractivity contribution in [2.24, 2.45) is 0 Å². The van der Waals surface area contributed by atoms with Crippen molar-refractivity contribution in [2.45, 2.75) is 19.4 Å². The highest BCUT2D eigenvalue weighted by Crippen LogP contribution is 2.34. The number of carbonyl (C=O) groups excluding carboxylic acids is 1. The van der Waals surface area contributed by atoms with Crippen LogP contribution in [0.3, 0.4) is 0 Å². The Morgan fingerprint density at radius 3 is 2.93 bits per heavy atom. The highest BCUT2D eigenvalue weighted by atomic mass is 16.5. The monoisotopic (exact) mass is 191 g/mol. The second-order valence-corrected chi connectivity index (χ2v) is 3.36. The van der Waals surface area contributed by atoms with Crippen LogP contribution in [0.15, 0.2) is 18.2 Å². The molecule has 0 radical (unpaired) electrons. The van der Waals surface area contributed by atoms with Crippen LogP contribution in [0.25, 0.3) is 0 Å². The fraction of sp³-hybridized carbons (Fsp3) is 0.364. The summed E-state index contributed by atoms with van der Waals surface area (Å²) in [4.78, 5) is 11.5. The van der Waals surface area contributed by atoms with Gasteiger partial charge in [-0.2, -0.15) is 0 Å². The molecule has 0 aromatic heterocycles. The number of methoxy groups -OCH3 is 1. The van der Waals surface area contributed by atoms with Crippen LogP contribution in [0.2, 0.25) is 0 Å². The second-order valence-electron chi connectivity index (χ2n) is 3.36. The van der Waals surface area contributed by atoms with Gasteiger partial charge in [-0.15, -0.1) is 0 Å². The lowest BCUT2D eigenvalue weighted by Gasteiger charge is -2.11. The van der Waals surface area contributed by atoms with E-state index in [9.17, 15) is 4.79 Å². The van der Waals surface area contributed by atoms with Gasteiger partial charge < -0.3 is 10.1 Å². The first kappa shape index (κ1) is 9.06. The van der Waals surface area contributed by atoms with Crippen molar-refractivity contribution < 1.29 is 9.53 Å². The minimum Gasteiger partial charge on any atom is -0.496 e. The van der Waals surface area contributed by atoms with Crippen molar-refractivity contribution in [1.82, 2.24) is 5.32 Å². The Hall–Kier alpha value is -1.51. The molecule has 1 heterocycles. The Labute approximate surface area is 83.1 Å². The Balaban J connectivity index is 2.56. The molecular weight excluding hydrogens is 178 g/mol. The first-order chi connectivity index (χ1) is 6.77. The van der Waals surface area contributed by atoms with Crippen LogP contribution in [0, 0.1) is 0 Å². The zero-order valence-corrected chi connectivity index (χ0v) is 8.33. The molecule has 0 fully saturated rings. The van der Waals surface area contributed by atoms with Gasteiger partial charge in [-0.3, -0.25) is 4.79 Å². The van der Waals surface area contributed by atoms with Gasteiger partial charge in [-0.05, 0) is 18.6 Å². The molecule has 0 saturated carbocycles. The first-order valence-electron chi connectivity index (χ1n) is 4.75. The third-order valence-electron chi connectivity index (χ3n) is 2.59. The van der Waals surface area contributed by atoms with Crippen LogP contribution in [0.1, 0.15) is 35.3 Å². The number of rotatable bonds is 2. The number of carbonyl (C=O) groups is 1. The zero-order valence-electron chi connectivity index (χ0n) is 8.33. The Bertz CT molecular complexity index is 374. The fourth-order valence-electron chi connectivity index (χ4n) is 1.89. The molecule has 74 valence electrons. The molecule has 14 heavy (non-hydrogen) atoms. The molecule has 1 aromatic rings. The number of amides is 1. The molecule has 1 aliphatic heterocycles. The van der Waals surface area contributed by atoms with E-state index >= 15 is 0 Å². The van der Waals surface area contributed by atoms with E-state index in [1.807, 2.05) is 25.1 Å². The quantitative estimate of drug-likeness (QED) is 0.775. The molecule has 1 N–H and O–H groups in total. The lowest BCUT2D eigenvalue weighted by molar-refractivity contribution is 0.0955. The zero-order chi connectivity index (χ0) is 10.1. The lowest BCUT2D eigenvalue weighted by atomic mass is 10.0. The fourth-order valence-corrected chi connectivity index (χ4v) is 1.89. The molecule has 3 nitrogen and oxygen atoms in total. The largest absolute Gasteiger partial charge is 0.496 e. The van der Waals surface area contributed by atoms with E-state index in [4.69, 9.17) is 4.74 Å². The maximum Gasteiger partial charge on any atom is 0.252 e. The van der Waals surface area contributed by atoms with Crippen LogP contribution < -0.4 is 10.1 Å². The van der Waals surface area contributed by atoms with E-state index in [0.29, 0.717) is 0 Å².